The third-order valence-corrected chi connectivity index (χ3v) is 3.42. The third kappa shape index (κ3) is 3.73. The normalized spacial score (nSPS) is 10.2. The molecule has 0 aromatic heterocycles. The molecule has 2 rings (SSSR count). The first kappa shape index (κ1) is 15.8. The molecule has 0 saturated heterocycles. The molecule has 114 valence electrons. The Labute approximate surface area is 130 Å². The van der Waals surface area contributed by atoms with Crippen molar-refractivity contribution in [3.63, 3.8) is 0 Å². The van der Waals surface area contributed by atoms with E-state index >= 15 is 0 Å². The van der Waals surface area contributed by atoms with E-state index in [-0.39, 0.29) is 11.8 Å². The zero-order valence-corrected chi connectivity index (χ0v) is 13.3. The van der Waals surface area contributed by atoms with Crippen LogP contribution in [0.25, 0.3) is 0 Å². The van der Waals surface area contributed by atoms with Crippen molar-refractivity contribution < 1.29 is 9.59 Å². The largest absolute Gasteiger partial charge is 0.326 e. The molecule has 4 heteroatoms. The number of carbonyl (C=O) groups excluding carboxylic acids is 2. The van der Waals surface area contributed by atoms with Crippen molar-refractivity contribution in [1.82, 2.24) is 0 Å². The van der Waals surface area contributed by atoms with Crippen LogP contribution in [-0.2, 0) is 4.79 Å². The molecule has 0 bridgehead atoms. The molecule has 0 spiro atoms. The summed E-state index contributed by atoms with van der Waals surface area (Å²) < 4.78 is 0. The Morgan fingerprint density at radius 1 is 0.864 bits per heavy atom. The summed E-state index contributed by atoms with van der Waals surface area (Å²) in [5, 5.41) is 5.64. The zero-order valence-electron chi connectivity index (χ0n) is 13.3. The Hall–Kier alpha value is -2.62. The van der Waals surface area contributed by atoms with Gasteiger partial charge < -0.3 is 10.6 Å². The molecule has 2 amide bonds. The van der Waals surface area contributed by atoms with Crippen LogP contribution in [0, 0.1) is 20.8 Å². The Morgan fingerprint density at radius 3 is 2.18 bits per heavy atom. The second-order valence-electron chi connectivity index (χ2n) is 5.48. The van der Waals surface area contributed by atoms with Gasteiger partial charge in [-0.1, -0.05) is 17.7 Å². The van der Waals surface area contributed by atoms with Crippen LogP contribution in [0.4, 0.5) is 11.4 Å². The highest BCUT2D eigenvalue weighted by atomic mass is 16.2. The van der Waals surface area contributed by atoms with Crippen LogP contribution in [-0.4, -0.2) is 11.8 Å². The van der Waals surface area contributed by atoms with Gasteiger partial charge in [0.15, 0.2) is 0 Å². The lowest BCUT2D eigenvalue weighted by Crippen LogP contribution is -2.14. The molecule has 0 heterocycles. The fourth-order valence-electron chi connectivity index (χ4n) is 2.34. The van der Waals surface area contributed by atoms with Crippen LogP contribution < -0.4 is 10.6 Å². The highest BCUT2D eigenvalue weighted by Gasteiger charge is 2.10. The quantitative estimate of drug-likeness (QED) is 0.904. The van der Waals surface area contributed by atoms with Crippen molar-refractivity contribution in [1.29, 1.82) is 0 Å². The van der Waals surface area contributed by atoms with Crippen molar-refractivity contribution in [3.05, 3.63) is 58.7 Å². The average Bonchev–Trinajstić information content (AvgIpc) is 2.41. The van der Waals surface area contributed by atoms with Gasteiger partial charge in [-0.25, -0.2) is 0 Å². The number of benzene rings is 2. The van der Waals surface area contributed by atoms with Crippen molar-refractivity contribution in [2.24, 2.45) is 0 Å². The number of amides is 2. The van der Waals surface area contributed by atoms with Gasteiger partial charge in [0.1, 0.15) is 0 Å². The monoisotopic (exact) mass is 296 g/mol. The molecular formula is C18H20N2O2. The average molecular weight is 296 g/mol. The summed E-state index contributed by atoms with van der Waals surface area (Å²) in [6.07, 6.45) is 0. The maximum Gasteiger partial charge on any atom is 0.255 e. The van der Waals surface area contributed by atoms with Crippen molar-refractivity contribution in [2.45, 2.75) is 27.7 Å². The zero-order chi connectivity index (χ0) is 16.3. The standard InChI is InChI=1S/C18H20N2O2/c1-11-5-7-16(12(2)9-11)18(22)20-15-6-8-17(13(3)10-15)19-14(4)21/h5-10H,1-4H3,(H,19,21)(H,20,22). The molecule has 2 aromatic carbocycles. The first-order valence-electron chi connectivity index (χ1n) is 7.13. The number of aryl methyl sites for hydroxylation is 3. The molecule has 0 unspecified atom stereocenters. The number of nitrogens with one attached hydrogen (secondary N) is 2. The molecule has 2 aromatic rings. The predicted molar refractivity (Wildman–Crippen MR) is 89.4 cm³/mol. The van der Waals surface area contributed by atoms with Crippen molar-refractivity contribution in [3.8, 4) is 0 Å². The molecule has 0 fully saturated rings. The topological polar surface area (TPSA) is 58.2 Å². The second-order valence-corrected chi connectivity index (χ2v) is 5.48. The van der Waals surface area contributed by atoms with E-state index in [1.807, 2.05) is 45.0 Å². The van der Waals surface area contributed by atoms with Crippen molar-refractivity contribution >= 4 is 23.2 Å². The van der Waals surface area contributed by atoms with E-state index < -0.39 is 0 Å². The van der Waals surface area contributed by atoms with Gasteiger partial charge in [0.2, 0.25) is 5.91 Å². The van der Waals surface area contributed by atoms with Gasteiger partial charge >= 0.3 is 0 Å². The van der Waals surface area contributed by atoms with E-state index in [1.165, 1.54) is 6.92 Å². The minimum Gasteiger partial charge on any atom is -0.326 e. The van der Waals surface area contributed by atoms with E-state index in [0.29, 0.717) is 11.3 Å². The maximum absolute atomic E-state index is 12.3. The highest BCUT2D eigenvalue weighted by Crippen LogP contribution is 2.21. The lowest BCUT2D eigenvalue weighted by Gasteiger charge is -2.11. The minimum absolute atomic E-state index is 0.116. The SMILES string of the molecule is CC(=O)Nc1ccc(NC(=O)c2ccc(C)cc2C)cc1C. The summed E-state index contributed by atoms with van der Waals surface area (Å²) in [7, 11) is 0. The van der Waals surface area contributed by atoms with Gasteiger partial charge in [0, 0.05) is 23.9 Å². The maximum atomic E-state index is 12.3. The molecule has 0 aliphatic carbocycles. The van der Waals surface area contributed by atoms with Gasteiger partial charge in [-0.15, -0.1) is 0 Å². The summed E-state index contributed by atoms with van der Waals surface area (Å²) in [5.41, 5.74) is 5.09. The summed E-state index contributed by atoms with van der Waals surface area (Å²) in [5.74, 6) is -0.251. The number of anilines is 2. The van der Waals surface area contributed by atoms with Crippen LogP contribution >= 0.6 is 0 Å². The summed E-state index contributed by atoms with van der Waals surface area (Å²) in [6.45, 7) is 7.28. The fourth-order valence-corrected chi connectivity index (χ4v) is 2.34. The Bertz CT molecular complexity index is 736. The molecule has 4 nitrogen and oxygen atoms in total. The first-order chi connectivity index (χ1) is 10.4. The fraction of sp³-hybridized carbons (Fsp3) is 0.222. The van der Waals surface area contributed by atoms with E-state index in [1.54, 1.807) is 12.1 Å². The van der Waals surface area contributed by atoms with Crippen LogP contribution in [0.3, 0.4) is 0 Å². The minimum atomic E-state index is -0.135. The first-order valence-corrected chi connectivity index (χ1v) is 7.13. The van der Waals surface area contributed by atoms with Crippen LogP contribution in [0.15, 0.2) is 36.4 Å². The highest BCUT2D eigenvalue weighted by molar-refractivity contribution is 6.05. The van der Waals surface area contributed by atoms with Crippen LogP contribution in [0.1, 0.15) is 34.0 Å². The molecule has 0 saturated carbocycles. The molecule has 0 aliphatic rings. The smallest absolute Gasteiger partial charge is 0.255 e. The van der Waals surface area contributed by atoms with E-state index in [4.69, 9.17) is 0 Å². The number of carbonyl (C=O) groups is 2. The number of rotatable bonds is 3. The van der Waals surface area contributed by atoms with Gasteiger partial charge in [-0.2, -0.15) is 0 Å². The van der Waals surface area contributed by atoms with Gasteiger partial charge in [0.25, 0.3) is 5.91 Å². The third-order valence-electron chi connectivity index (χ3n) is 3.42. The number of hydrogen-bond acceptors (Lipinski definition) is 2. The number of hydrogen-bond donors (Lipinski definition) is 2. The molecule has 2 N–H and O–H groups in total. The second kappa shape index (κ2) is 6.43. The lowest BCUT2D eigenvalue weighted by molar-refractivity contribution is -0.114. The molecule has 0 radical (unpaired) electrons. The summed E-state index contributed by atoms with van der Waals surface area (Å²) in [4.78, 5) is 23.4. The predicted octanol–water partition coefficient (Wildman–Crippen LogP) is 3.82. The van der Waals surface area contributed by atoms with Gasteiger partial charge in [0.05, 0.1) is 0 Å². The van der Waals surface area contributed by atoms with Crippen LogP contribution in [0.2, 0.25) is 0 Å². The molecule has 22 heavy (non-hydrogen) atoms. The van der Waals surface area contributed by atoms with E-state index in [2.05, 4.69) is 10.6 Å². The Kier molecular flexibility index (Phi) is 4.61. The van der Waals surface area contributed by atoms with E-state index in [0.717, 1.165) is 22.4 Å². The van der Waals surface area contributed by atoms with Gasteiger partial charge in [-0.05, 0) is 56.2 Å². The van der Waals surface area contributed by atoms with Crippen LogP contribution in [0.5, 0.6) is 0 Å². The molecular weight excluding hydrogens is 276 g/mol. The Balaban J connectivity index is 2.18. The van der Waals surface area contributed by atoms with E-state index in [9.17, 15) is 9.59 Å². The molecule has 0 aliphatic heterocycles. The van der Waals surface area contributed by atoms with Gasteiger partial charge in [-0.3, -0.25) is 9.59 Å². The summed E-state index contributed by atoms with van der Waals surface area (Å²) in [6, 6.07) is 11.1. The molecule has 0 atom stereocenters. The lowest BCUT2D eigenvalue weighted by atomic mass is 10.0. The Morgan fingerprint density at radius 2 is 1.59 bits per heavy atom. The van der Waals surface area contributed by atoms with Crippen molar-refractivity contribution in [2.75, 3.05) is 10.6 Å². The summed E-state index contributed by atoms with van der Waals surface area (Å²) >= 11 is 0.